The van der Waals surface area contributed by atoms with Crippen LogP contribution < -0.4 is 14.8 Å². The van der Waals surface area contributed by atoms with Crippen LogP contribution in [0, 0.1) is 0 Å². The number of anilines is 1. The summed E-state index contributed by atoms with van der Waals surface area (Å²) in [5.74, 6) is 1.46. The van der Waals surface area contributed by atoms with Gasteiger partial charge in [-0.1, -0.05) is 23.2 Å². The minimum absolute atomic E-state index is 0.179. The third-order valence-electron chi connectivity index (χ3n) is 2.97. The van der Waals surface area contributed by atoms with E-state index in [4.69, 9.17) is 32.7 Å². The van der Waals surface area contributed by atoms with Gasteiger partial charge in [0.2, 0.25) is 6.79 Å². The molecule has 3 rings (SSSR count). The summed E-state index contributed by atoms with van der Waals surface area (Å²) in [7, 11) is 0. The number of phenols is 1. The summed E-state index contributed by atoms with van der Waals surface area (Å²) >= 11 is 12.1. The minimum atomic E-state index is 0.179. The molecule has 0 unspecified atom stereocenters. The summed E-state index contributed by atoms with van der Waals surface area (Å²) < 4.78 is 10.5. The number of halogens is 2. The molecule has 0 amide bonds. The van der Waals surface area contributed by atoms with Crippen LogP contribution in [0.2, 0.25) is 10.0 Å². The molecule has 0 aliphatic carbocycles. The molecular formula is C14H11Cl2NO3. The molecule has 1 aliphatic rings. The van der Waals surface area contributed by atoms with E-state index < -0.39 is 0 Å². The first-order chi connectivity index (χ1) is 9.63. The number of aromatic hydroxyl groups is 1. The fourth-order valence-electron chi connectivity index (χ4n) is 1.94. The highest BCUT2D eigenvalue weighted by Crippen LogP contribution is 2.39. The Labute approximate surface area is 125 Å². The van der Waals surface area contributed by atoms with E-state index in [0.29, 0.717) is 39.3 Å². The molecule has 0 saturated heterocycles. The molecule has 0 spiro atoms. The van der Waals surface area contributed by atoms with E-state index in [0.717, 1.165) is 0 Å². The third kappa shape index (κ3) is 2.57. The lowest BCUT2D eigenvalue weighted by atomic mass is 10.2. The highest BCUT2D eigenvalue weighted by atomic mass is 35.5. The molecule has 1 aliphatic heterocycles. The zero-order chi connectivity index (χ0) is 14.1. The molecular weight excluding hydrogens is 301 g/mol. The van der Waals surface area contributed by atoms with Gasteiger partial charge in [0.25, 0.3) is 0 Å². The van der Waals surface area contributed by atoms with Gasteiger partial charge in [-0.3, -0.25) is 0 Å². The van der Waals surface area contributed by atoms with Crippen LogP contribution in [-0.2, 0) is 6.54 Å². The topological polar surface area (TPSA) is 50.7 Å². The van der Waals surface area contributed by atoms with Crippen LogP contribution in [0.1, 0.15) is 5.56 Å². The van der Waals surface area contributed by atoms with Crippen LogP contribution in [-0.4, -0.2) is 11.9 Å². The lowest BCUT2D eigenvalue weighted by Gasteiger charge is -2.11. The summed E-state index contributed by atoms with van der Waals surface area (Å²) in [5.41, 5.74) is 1.39. The Balaban J connectivity index is 1.80. The highest BCUT2D eigenvalue weighted by Gasteiger charge is 2.16. The number of phenolic OH excluding ortho intramolecular Hbond substituents is 1. The lowest BCUT2D eigenvalue weighted by molar-refractivity contribution is 0.174. The van der Waals surface area contributed by atoms with E-state index in [2.05, 4.69) is 5.32 Å². The van der Waals surface area contributed by atoms with Crippen molar-refractivity contribution >= 4 is 28.9 Å². The van der Waals surface area contributed by atoms with Crippen molar-refractivity contribution < 1.29 is 14.6 Å². The third-order valence-corrected chi connectivity index (χ3v) is 3.52. The molecule has 20 heavy (non-hydrogen) atoms. The van der Waals surface area contributed by atoms with Gasteiger partial charge in [-0.25, -0.2) is 0 Å². The average Bonchev–Trinajstić information content (AvgIpc) is 2.86. The number of fused-ring (bicyclic) bond motifs is 1. The van der Waals surface area contributed by atoms with Crippen LogP contribution in [0.4, 0.5) is 5.69 Å². The largest absolute Gasteiger partial charge is 0.508 e. The van der Waals surface area contributed by atoms with Gasteiger partial charge in [-0.05, 0) is 18.2 Å². The Morgan fingerprint density at radius 1 is 1.10 bits per heavy atom. The summed E-state index contributed by atoms with van der Waals surface area (Å²) in [6, 6.07) is 8.36. The van der Waals surface area contributed by atoms with Crippen molar-refractivity contribution in [3.05, 3.63) is 45.9 Å². The van der Waals surface area contributed by atoms with Crippen LogP contribution in [0.25, 0.3) is 0 Å². The van der Waals surface area contributed by atoms with Gasteiger partial charge >= 0.3 is 0 Å². The van der Waals surface area contributed by atoms with Gasteiger partial charge in [-0.2, -0.15) is 0 Å². The van der Waals surface area contributed by atoms with Gasteiger partial charge < -0.3 is 19.9 Å². The molecule has 6 heteroatoms. The molecule has 0 atom stereocenters. The normalized spacial score (nSPS) is 12.5. The molecule has 4 nitrogen and oxygen atoms in total. The van der Waals surface area contributed by atoms with Crippen molar-refractivity contribution in [3.63, 3.8) is 0 Å². The molecule has 1 heterocycles. The standard InChI is InChI=1S/C14H11Cl2NO3/c15-9-1-2-12(18)8(3-9)6-17-11-5-14-13(4-10(11)16)19-7-20-14/h1-5,17-18H,6-7H2. The fraction of sp³-hybridized carbons (Fsp3) is 0.143. The van der Waals surface area contributed by atoms with E-state index in [-0.39, 0.29) is 12.5 Å². The maximum Gasteiger partial charge on any atom is 0.231 e. The van der Waals surface area contributed by atoms with Crippen molar-refractivity contribution in [1.82, 2.24) is 0 Å². The second kappa shape index (κ2) is 5.31. The molecule has 2 N–H and O–H groups in total. The highest BCUT2D eigenvalue weighted by molar-refractivity contribution is 6.33. The van der Waals surface area contributed by atoms with Gasteiger partial charge in [0.05, 0.1) is 10.7 Å². The first kappa shape index (κ1) is 13.2. The first-order valence-electron chi connectivity index (χ1n) is 5.94. The predicted molar refractivity (Wildman–Crippen MR) is 78.0 cm³/mol. The zero-order valence-corrected chi connectivity index (χ0v) is 11.8. The molecule has 0 aromatic heterocycles. The van der Waals surface area contributed by atoms with Gasteiger partial charge in [0, 0.05) is 29.3 Å². The van der Waals surface area contributed by atoms with Crippen LogP contribution in [0.15, 0.2) is 30.3 Å². The minimum Gasteiger partial charge on any atom is -0.508 e. The number of benzene rings is 2. The zero-order valence-electron chi connectivity index (χ0n) is 10.3. The summed E-state index contributed by atoms with van der Waals surface area (Å²) in [6.45, 7) is 0.593. The van der Waals surface area contributed by atoms with Crippen molar-refractivity contribution in [1.29, 1.82) is 0 Å². The fourth-order valence-corrected chi connectivity index (χ4v) is 2.35. The monoisotopic (exact) mass is 311 g/mol. The molecule has 0 saturated carbocycles. The maximum atomic E-state index is 9.76. The summed E-state index contributed by atoms with van der Waals surface area (Å²) in [5, 5.41) is 14.0. The number of rotatable bonds is 3. The number of hydrogen-bond donors (Lipinski definition) is 2. The number of hydrogen-bond acceptors (Lipinski definition) is 4. The molecule has 0 bridgehead atoms. The van der Waals surface area contributed by atoms with Crippen molar-refractivity contribution in [2.24, 2.45) is 0 Å². The molecule has 0 radical (unpaired) electrons. The van der Waals surface area contributed by atoms with Crippen LogP contribution in [0.3, 0.4) is 0 Å². The van der Waals surface area contributed by atoms with Gasteiger partial charge in [0.1, 0.15) is 5.75 Å². The van der Waals surface area contributed by atoms with E-state index in [1.54, 1.807) is 30.3 Å². The van der Waals surface area contributed by atoms with Gasteiger partial charge in [-0.15, -0.1) is 0 Å². The van der Waals surface area contributed by atoms with Crippen molar-refractivity contribution in [2.45, 2.75) is 6.54 Å². The predicted octanol–water partition coefficient (Wildman–Crippen LogP) is 4.04. The number of nitrogens with one attached hydrogen (secondary N) is 1. The van der Waals surface area contributed by atoms with E-state index >= 15 is 0 Å². The molecule has 104 valence electrons. The smallest absolute Gasteiger partial charge is 0.231 e. The average molecular weight is 312 g/mol. The van der Waals surface area contributed by atoms with Crippen LogP contribution in [0.5, 0.6) is 17.2 Å². The summed E-state index contributed by atoms with van der Waals surface area (Å²) in [4.78, 5) is 0. The second-order valence-electron chi connectivity index (χ2n) is 4.31. The Hall–Kier alpha value is -1.78. The van der Waals surface area contributed by atoms with E-state index in [1.165, 1.54) is 0 Å². The van der Waals surface area contributed by atoms with Crippen molar-refractivity contribution in [3.8, 4) is 17.2 Å². The first-order valence-corrected chi connectivity index (χ1v) is 6.69. The quantitative estimate of drug-likeness (QED) is 0.898. The lowest BCUT2D eigenvalue weighted by Crippen LogP contribution is -2.00. The maximum absolute atomic E-state index is 9.76. The summed E-state index contributed by atoms with van der Waals surface area (Å²) in [6.07, 6.45) is 0. The Morgan fingerprint density at radius 3 is 2.65 bits per heavy atom. The van der Waals surface area contributed by atoms with Crippen LogP contribution >= 0.6 is 23.2 Å². The SMILES string of the molecule is Oc1ccc(Cl)cc1CNc1cc2c(cc1Cl)OCO2. The van der Waals surface area contributed by atoms with Crippen molar-refractivity contribution in [2.75, 3.05) is 12.1 Å². The van der Waals surface area contributed by atoms with Gasteiger partial charge in [0.15, 0.2) is 11.5 Å². The Kier molecular flexibility index (Phi) is 3.51. The molecule has 2 aromatic rings. The van der Waals surface area contributed by atoms with E-state index in [9.17, 15) is 5.11 Å². The molecule has 2 aromatic carbocycles. The Morgan fingerprint density at radius 2 is 1.85 bits per heavy atom. The Bertz CT molecular complexity index is 661. The number of ether oxygens (including phenoxy) is 2. The molecule has 0 fully saturated rings. The second-order valence-corrected chi connectivity index (χ2v) is 5.16. The van der Waals surface area contributed by atoms with E-state index in [1.807, 2.05) is 0 Å².